The Hall–Kier alpha value is -2.44. The van der Waals surface area contributed by atoms with Gasteiger partial charge in [-0.15, -0.1) is 0 Å². The predicted molar refractivity (Wildman–Crippen MR) is 105 cm³/mol. The second kappa shape index (κ2) is 6.94. The Balaban J connectivity index is 1.62. The van der Waals surface area contributed by atoms with Gasteiger partial charge < -0.3 is 15.8 Å². The maximum atomic E-state index is 8.63. The molecule has 2 heterocycles. The number of hydrogen-bond donors (Lipinski definition) is 4. The number of aromatic nitrogens is 1. The molecule has 1 aliphatic heterocycles. The minimum atomic E-state index is -0.400. The fraction of sp³-hybridized carbons (Fsp3) is 0.429. The Bertz CT molecular complexity index is 913. The highest BCUT2D eigenvalue weighted by Crippen LogP contribution is 2.37. The Kier molecular flexibility index (Phi) is 4.61. The molecule has 4 rings (SSSR count). The van der Waals surface area contributed by atoms with E-state index in [0.717, 1.165) is 43.4 Å². The molecule has 1 aromatic heterocycles. The fourth-order valence-electron chi connectivity index (χ4n) is 4.17. The van der Waals surface area contributed by atoms with Crippen LogP contribution >= 0.6 is 0 Å². The minimum absolute atomic E-state index is 0.0552. The molecule has 6 nitrogen and oxygen atoms in total. The van der Waals surface area contributed by atoms with Crippen molar-refractivity contribution in [2.45, 2.75) is 50.3 Å². The second-order valence-corrected chi connectivity index (χ2v) is 7.75. The second-order valence-electron chi connectivity index (χ2n) is 7.75. The zero-order chi connectivity index (χ0) is 19.0. The standard InChI is InChI=1S/C21H27N5O/c1-21(11-4-12-25-21)20(24)26-13-14(7-10-19(26)23)27-18-9-8-17(22)15-5-2-3-6-16(15)18/h2-3,5-7,10,13,17-18,23-25H,4,8-9,11-12,22H2,1H3/t17?,18?,21-/m0/s1. The van der Waals surface area contributed by atoms with Crippen molar-refractivity contribution in [1.29, 1.82) is 10.8 Å². The summed E-state index contributed by atoms with van der Waals surface area (Å²) in [4.78, 5) is 0. The van der Waals surface area contributed by atoms with Crippen LogP contribution in [0.15, 0.2) is 42.6 Å². The maximum Gasteiger partial charge on any atom is 0.137 e. The molecule has 2 aliphatic rings. The molecule has 1 aliphatic carbocycles. The van der Waals surface area contributed by atoms with Crippen LogP contribution in [0.3, 0.4) is 0 Å². The van der Waals surface area contributed by atoms with Crippen molar-refractivity contribution in [3.05, 3.63) is 59.2 Å². The van der Waals surface area contributed by atoms with Crippen molar-refractivity contribution in [1.82, 2.24) is 9.88 Å². The van der Waals surface area contributed by atoms with E-state index in [2.05, 4.69) is 17.4 Å². The molecule has 3 atom stereocenters. The van der Waals surface area contributed by atoms with Gasteiger partial charge in [-0.3, -0.25) is 15.4 Å². The lowest BCUT2D eigenvalue weighted by Crippen LogP contribution is -2.49. The average Bonchev–Trinajstić information content (AvgIpc) is 3.13. The first-order chi connectivity index (χ1) is 13.0. The Labute approximate surface area is 159 Å². The number of hydrogen-bond acceptors (Lipinski definition) is 5. The predicted octanol–water partition coefficient (Wildman–Crippen LogP) is 2.85. The van der Waals surface area contributed by atoms with Crippen molar-refractivity contribution < 1.29 is 4.74 Å². The molecule has 0 bridgehead atoms. The molecule has 1 aromatic carbocycles. The van der Waals surface area contributed by atoms with Gasteiger partial charge in [-0.05, 0) is 62.4 Å². The molecule has 1 saturated heterocycles. The zero-order valence-corrected chi connectivity index (χ0v) is 15.7. The summed E-state index contributed by atoms with van der Waals surface area (Å²) in [6.45, 7) is 2.93. The van der Waals surface area contributed by atoms with E-state index in [-0.39, 0.29) is 17.6 Å². The lowest BCUT2D eigenvalue weighted by Gasteiger charge is -2.30. The first-order valence-electron chi connectivity index (χ1n) is 9.61. The van der Waals surface area contributed by atoms with Gasteiger partial charge in [0.15, 0.2) is 0 Å². The highest BCUT2D eigenvalue weighted by Gasteiger charge is 2.34. The quantitative estimate of drug-likeness (QED) is 0.497. The van der Waals surface area contributed by atoms with Crippen LogP contribution in [0.5, 0.6) is 5.75 Å². The highest BCUT2D eigenvalue weighted by atomic mass is 16.5. The van der Waals surface area contributed by atoms with Crippen LogP contribution in [0.4, 0.5) is 0 Å². The largest absolute Gasteiger partial charge is 0.484 e. The normalized spacial score (nSPS) is 27.2. The van der Waals surface area contributed by atoms with Crippen molar-refractivity contribution in [2.75, 3.05) is 6.54 Å². The molecular weight excluding hydrogens is 338 g/mol. The summed E-state index contributed by atoms with van der Waals surface area (Å²) in [5, 5.41) is 20.3. The molecule has 0 amide bonds. The van der Waals surface area contributed by atoms with Crippen molar-refractivity contribution in [2.24, 2.45) is 5.73 Å². The number of benzene rings is 1. The van der Waals surface area contributed by atoms with Crippen molar-refractivity contribution in [3.63, 3.8) is 0 Å². The van der Waals surface area contributed by atoms with E-state index in [1.807, 2.05) is 25.1 Å². The number of fused-ring (bicyclic) bond motifs is 1. The van der Waals surface area contributed by atoms with E-state index in [9.17, 15) is 0 Å². The molecule has 142 valence electrons. The summed E-state index contributed by atoms with van der Waals surface area (Å²) in [5.74, 6) is 1.06. The molecule has 2 unspecified atom stereocenters. The third-order valence-electron chi connectivity index (χ3n) is 5.81. The van der Waals surface area contributed by atoms with E-state index in [4.69, 9.17) is 21.3 Å². The van der Waals surface area contributed by atoms with E-state index in [1.54, 1.807) is 16.8 Å². The molecule has 0 saturated carbocycles. The molecule has 5 N–H and O–H groups in total. The summed E-state index contributed by atoms with van der Waals surface area (Å²) in [6, 6.07) is 11.8. The van der Waals surface area contributed by atoms with Crippen molar-refractivity contribution in [3.8, 4) is 5.75 Å². The van der Waals surface area contributed by atoms with Crippen LogP contribution in [0, 0.1) is 10.8 Å². The number of nitrogens with zero attached hydrogens (tertiary/aromatic N) is 1. The summed E-state index contributed by atoms with van der Waals surface area (Å²) >= 11 is 0. The van der Waals surface area contributed by atoms with Crippen LogP contribution in [0.25, 0.3) is 0 Å². The first kappa shape index (κ1) is 17.9. The van der Waals surface area contributed by atoms with Gasteiger partial charge in [0.05, 0.1) is 11.7 Å². The highest BCUT2D eigenvalue weighted by molar-refractivity contribution is 5.90. The molecular formula is C21H27N5O. The van der Waals surface area contributed by atoms with Gasteiger partial charge in [-0.25, -0.2) is 0 Å². The Morgan fingerprint density at radius 2 is 2.00 bits per heavy atom. The van der Waals surface area contributed by atoms with Gasteiger partial charge >= 0.3 is 0 Å². The number of pyridine rings is 1. The van der Waals surface area contributed by atoms with E-state index in [1.165, 1.54) is 0 Å². The summed E-state index contributed by atoms with van der Waals surface area (Å²) in [6.07, 6.45) is 5.40. The van der Waals surface area contributed by atoms with Gasteiger partial charge in [0.2, 0.25) is 0 Å². The van der Waals surface area contributed by atoms with Gasteiger partial charge in [0.1, 0.15) is 23.2 Å². The third-order valence-corrected chi connectivity index (χ3v) is 5.81. The van der Waals surface area contributed by atoms with Crippen LogP contribution in [0.1, 0.15) is 55.9 Å². The lowest BCUT2D eigenvalue weighted by atomic mass is 9.86. The number of nitrogens with one attached hydrogen (secondary N) is 3. The van der Waals surface area contributed by atoms with Gasteiger partial charge in [-0.1, -0.05) is 24.3 Å². The SMILES string of the molecule is C[C@@]1(C(=N)n2cc(OC3CCC(N)c4ccccc43)ccc2=N)CCCN1. The smallest absolute Gasteiger partial charge is 0.137 e. The molecule has 0 radical (unpaired) electrons. The van der Waals surface area contributed by atoms with Gasteiger partial charge in [-0.2, -0.15) is 0 Å². The van der Waals surface area contributed by atoms with Crippen LogP contribution < -0.4 is 21.3 Å². The average molecular weight is 365 g/mol. The van der Waals surface area contributed by atoms with Crippen molar-refractivity contribution >= 4 is 5.84 Å². The first-order valence-corrected chi connectivity index (χ1v) is 9.61. The Morgan fingerprint density at radius 1 is 1.22 bits per heavy atom. The Morgan fingerprint density at radius 3 is 2.74 bits per heavy atom. The van der Waals surface area contributed by atoms with E-state index < -0.39 is 5.54 Å². The van der Waals surface area contributed by atoms with Crippen LogP contribution in [-0.4, -0.2) is 22.5 Å². The lowest BCUT2D eigenvalue weighted by molar-refractivity contribution is 0.176. The summed E-state index contributed by atoms with van der Waals surface area (Å²) < 4.78 is 7.91. The van der Waals surface area contributed by atoms with E-state index >= 15 is 0 Å². The maximum absolute atomic E-state index is 8.63. The van der Waals surface area contributed by atoms with E-state index in [0.29, 0.717) is 11.6 Å². The minimum Gasteiger partial charge on any atom is -0.484 e. The van der Waals surface area contributed by atoms with Gasteiger partial charge in [0, 0.05) is 6.04 Å². The summed E-state index contributed by atoms with van der Waals surface area (Å²) in [7, 11) is 0. The van der Waals surface area contributed by atoms with Crippen LogP contribution in [-0.2, 0) is 0 Å². The van der Waals surface area contributed by atoms with Gasteiger partial charge in [0.25, 0.3) is 0 Å². The number of rotatable bonds is 3. The molecule has 6 heteroatoms. The molecule has 0 spiro atoms. The number of nitrogens with two attached hydrogens (primary N) is 1. The molecule has 1 fully saturated rings. The molecule has 27 heavy (non-hydrogen) atoms. The topological polar surface area (TPSA) is 99.9 Å². The summed E-state index contributed by atoms with van der Waals surface area (Å²) in [5.41, 5.74) is 8.42. The number of ether oxygens (including phenoxy) is 1. The fourth-order valence-corrected chi connectivity index (χ4v) is 4.17. The molecule has 2 aromatic rings. The third kappa shape index (κ3) is 3.31. The zero-order valence-electron chi connectivity index (χ0n) is 15.7. The monoisotopic (exact) mass is 365 g/mol. The van der Waals surface area contributed by atoms with Crippen LogP contribution in [0.2, 0.25) is 0 Å².